The molecule has 0 aromatic heterocycles. The highest BCUT2D eigenvalue weighted by Gasteiger charge is 2.33. The number of methoxy groups -OCH3 is 2. The summed E-state index contributed by atoms with van der Waals surface area (Å²) in [6.45, 7) is 3.62. The summed E-state index contributed by atoms with van der Waals surface area (Å²) in [7, 11) is 2.58. The standard InChI is InChI=1S/C15H21F2NO5/c1-14(2,3)23-13(20)18-10-6-9(15(16,17)8-19)7-11(21-4)12(10)22-5/h6-7,19H,8H2,1-5H3,(H,18,20). The number of aliphatic hydroxyl groups is 1. The normalized spacial score (nSPS) is 11.8. The van der Waals surface area contributed by atoms with Gasteiger partial charge in [0.25, 0.3) is 5.92 Å². The predicted octanol–water partition coefficient (Wildman–Crippen LogP) is 3.13. The van der Waals surface area contributed by atoms with E-state index >= 15 is 0 Å². The van der Waals surface area contributed by atoms with Crippen LogP contribution in [0.1, 0.15) is 26.3 Å². The van der Waals surface area contributed by atoms with E-state index in [-0.39, 0.29) is 17.2 Å². The van der Waals surface area contributed by atoms with Crippen LogP contribution >= 0.6 is 0 Å². The molecule has 0 aliphatic rings. The highest BCUT2D eigenvalue weighted by Crippen LogP contribution is 2.41. The van der Waals surface area contributed by atoms with E-state index in [2.05, 4.69) is 5.32 Å². The fourth-order valence-corrected chi connectivity index (χ4v) is 1.77. The molecule has 0 aliphatic carbocycles. The summed E-state index contributed by atoms with van der Waals surface area (Å²) in [5, 5.41) is 11.2. The summed E-state index contributed by atoms with van der Waals surface area (Å²) >= 11 is 0. The summed E-state index contributed by atoms with van der Waals surface area (Å²) in [4.78, 5) is 11.9. The largest absolute Gasteiger partial charge is 0.493 e. The Morgan fingerprint density at radius 3 is 2.26 bits per heavy atom. The second-order valence-electron chi connectivity index (χ2n) is 5.75. The van der Waals surface area contributed by atoms with Gasteiger partial charge in [0.05, 0.1) is 19.9 Å². The molecule has 0 saturated carbocycles. The molecule has 8 heteroatoms. The number of benzene rings is 1. The number of amides is 1. The number of anilines is 1. The number of halogens is 2. The summed E-state index contributed by atoms with van der Waals surface area (Å²) in [6, 6.07) is 2.04. The average Bonchev–Trinajstić information content (AvgIpc) is 2.44. The minimum Gasteiger partial charge on any atom is -0.493 e. The van der Waals surface area contributed by atoms with Crippen LogP contribution in [0.15, 0.2) is 12.1 Å². The zero-order chi connectivity index (χ0) is 17.8. The lowest BCUT2D eigenvalue weighted by Crippen LogP contribution is -2.27. The third-order valence-corrected chi connectivity index (χ3v) is 2.74. The summed E-state index contributed by atoms with van der Waals surface area (Å²) in [6.07, 6.45) is -0.831. The van der Waals surface area contributed by atoms with Gasteiger partial charge in [0, 0.05) is 5.56 Å². The molecule has 0 spiro atoms. The Kier molecular flexibility index (Phi) is 5.76. The first-order valence-electron chi connectivity index (χ1n) is 6.79. The Labute approximate surface area is 133 Å². The lowest BCUT2D eigenvalue weighted by molar-refractivity contribution is -0.0557. The van der Waals surface area contributed by atoms with Crippen molar-refractivity contribution < 1.29 is 32.9 Å². The molecule has 1 amide bonds. The molecule has 130 valence electrons. The maximum absolute atomic E-state index is 13.7. The summed E-state index contributed by atoms with van der Waals surface area (Å²) in [5.74, 6) is -3.44. The van der Waals surface area contributed by atoms with E-state index in [0.717, 1.165) is 12.1 Å². The van der Waals surface area contributed by atoms with Gasteiger partial charge in [-0.2, -0.15) is 8.78 Å². The molecule has 1 rings (SSSR count). The highest BCUT2D eigenvalue weighted by molar-refractivity contribution is 5.88. The van der Waals surface area contributed by atoms with Gasteiger partial charge in [0.1, 0.15) is 12.2 Å². The maximum atomic E-state index is 13.7. The van der Waals surface area contributed by atoms with Crippen LogP contribution in [-0.2, 0) is 10.7 Å². The van der Waals surface area contributed by atoms with Crippen molar-refractivity contribution in [3.05, 3.63) is 17.7 Å². The third kappa shape index (κ3) is 4.95. The topological polar surface area (TPSA) is 77.0 Å². The zero-order valence-corrected chi connectivity index (χ0v) is 13.7. The lowest BCUT2D eigenvalue weighted by Gasteiger charge is -2.22. The Morgan fingerprint density at radius 2 is 1.83 bits per heavy atom. The van der Waals surface area contributed by atoms with Crippen molar-refractivity contribution in [3.8, 4) is 11.5 Å². The van der Waals surface area contributed by atoms with Crippen molar-refractivity contribution in [3.63, 3.8) is 0 Å². The van der Waals surface area contributed by atoms with Gasteiger partial charge in [-0.25, -0.2) is 4.79 Å². The number of ether oxygens (including phenoxy) is 3. The first kappa shape index (κ1) is 19.0. The molecule has 0 radical (unpaired) electrons. The second-order valence-corrected chi connectivity index (χ2v) is 5.75. The van der Waals surface area contributed by atoms with Gasteiger partial charge in [-0.05, 0) is 32.9 Å². The van der Waals surface area contributed by atoms with Crippen LogP contribution < -0.4 is 14.8 Å². The molecule has 0 aliphatic heterocycles. The zero-order valence-electron chi connectivity index (χ0n) is 13.7. The number of carbonyl (C=O) groups excluding carboxylic acids is 1. The van der Waals surface area contributed by atoms with Crippen molar-refractivity contribution in [2.75, 3.05) is 26.1 Å². The molecule has 0 bridgehead atoms. The number of hydrogen-bond acceptors (Lipinski definition) is 5. The molecule has 0 heterocycles. The van der Waals surface area contributed by atoms with E-state index in [4.69, 9.17) is 19.3 Å². The molecule has 6 nitrogen and oxygen atoms in total. The first-order chi connectivity index (χ1) is 10.5. The van der Waals surface area contributed by atoms with Crippen LogP contribution in [0.4, 0.5) is 19.3 Å². The monoisotopic (exact) mass is 333 g/mol. The third-order valence-electron chi connectivity index (χ3n) is 2.74. The first-order valence-corrected chi connectivity index (χ1v) is 6.79. The number of carbonyl (C=O) groups is 1. The van der Waals surface area contributed by atoms with E-state index in [9.17, 15) is 13.6 Å². The van der Waals surface area contributed by atoms with Gasteiger partial charge >= 0.3 is 6.09 Å². The molecule has 1 aromatic rings. The van der Waals surface area contributed by atoms with E-state index in [0.29, 0.717) is 0 Å². The average molecular weight is 333 g/mol. The Bertz CT molecular complexity index is 570. The fraction of sp³-hybridized carbons (Fsp3) is 0.533. The van der Waals surface area contributed by atoms with Crippen LogP contribution in [0.3, 0.4) is 0 Å². The Morgan fingerprint density at radius 1 is 1.22 bits per heavy atom. The predicted molar refractivity (Wildman–Crippen MR) is 80.4 cm³/mol. The smallest absolute Gasteiger partial charge is 0.412 e. The molecule has 1 aromatic carbocycles. The minimum atomic E-state index is -3.50. The molecule has 0 unspecified atom stereocenters. The molecule has 0 fully saturated rings. The van der Waals surface area contributed by atoms with Crippen LogP contribution in [0.25, 0.3) is 0 Å². The van der Waals surface area contributed by atoms with Gasteiger partial charge in [-0.15, -0.1) is 0 Å². The molecule has 2 N–H and O–H groups in total. The fourth-order valence-electron chi connectivity index (χ4n) is 1.77. The van der Waals surface area contributed by atoms with E-state index < -0.39 is 29.8 Å². The van der Waals surface area contributed by atoms with Crippen LogP contribution in [0.2, 0.25) is 0 Å². The number of hydrogen-bond donors (Lipinski definition) is 2. The molecule has 23 heavy (non-hydrogen) atoms. The molecule has 0 saturated heterocycles. The molecular weight excluding hydrogens is 312 g/mol. The Balaban J connectivity index is 3.28. The van der Waals surface area contributed by atoms with Crippen LogP contribution in [0, 0.1) is 0 Å². The van der Waals surface area contributed by atoms with Gasteiger partial charge in [0.2, 0.25) is 0 Å². The summed E-state index contributed by atoms with van der Waals surface area (Å²) < 4.78 is 42.7. The number of aliphatic hydroxyl groups excluding tert-OH is 1. The quantitative estimate of drug-likeness (QED) is 0.866. The van der Waals surface area contributed by atoms with E-state index in [1.54, 1.807) is 20.8 Å². The van der Waals surface area contributed by atoms with Crippen molar-refractivity contribution in [1.82, 2.24) is 0 Å². The van der Waals surface area contributed by atoms with Gasteiger partial charge < -0.3 is 19.3 Å². The second kappa shape index (κ2) is 6.99. The lowest BCUT2D eigenvalue weighted by atomic mass is 10.1. The van der Waals surface area contributed by atoms with Crippen LogP contribution in [-0.4, -0.2) is 37.6 Å². The number of rotatable bonds is 5. The summed E-state index contributed by atoms with van der Waals surface area (Å²) in [5.41, 5.74) is -1.33. The van der Waals surface area contributed by atoms with E-state index in [1.807, 2.05) is 0 Å². The van der Waals surface area contributed by atoms with Crippen molar-refractivity contribution in [2.45, 2.75) is 32.3 Å². The van der Waals surface area contributed by atoms with Crippen molar-refractivity contribution in [1.29, 1.82) is 0 Å². The number of alkyl halides is 2. The minimum absolute atomic E-state index is 0.0100. The van der Waals surface area contributed by atoms with Gasteiger partial charge in [-0.3, -0.25) is 5.32 Å². The van der Waals surface area contributed by atoms with Crippen molar-refractivity contribution in [2.24, 2.45) is 0 Å². The van der Waals surface area contributed by atoms with Gasteiger partial charge in [0.15, 0.2) is 11.5 Å². The maximum Gasteiger partial charge on any atom is 0.412 e. The number of nitrogens with one attached hydrogen (secondary N) is 1. The van der Waals surface area contributed by atoms with Crippen molar-refractivity contribution >= 4 is 11.8 Å². The van der Waals surface area contributed by atoms with Gasteiger partial charge in [-0.1, -0.05) is 0 Å². The highest BCUT2D eigenvalue weighted by atomic mass is 19.3. The SMILES string of the molecule is COc1cc(C(F)(F)CO)cc(NC(=O)OC(C)(C)C)c1OC. The van der Waals surface area contributed by atoms with E-state index in [1.165, 1.54) is 14.2 Å². The Hall–Kier alpha value is -2.09. The van der Waals surface area contributed by atoms with Crippen LogP contribution in [0.5, 0.6) is 11.5 Å². The molecular formula is C15H21F2NO5. The molecule has 0 atom stereocenters.